The van der Waals surface area contributed by atoms with E-state index in [1.807, 2.05) is 0 Å². The molecule has 1 fully saturated rings. The number of nitrogens with two attached hydrogens (primary N) is 1. The molecule has 1 saturated carbocycles. The number of fused-ring (bicyclic) bond motifs is 1. The van der Waals surface area contributed by atoms with Gasteiger partial charge in [-0.2, -0.15) is 0 Å². The van der Waals surface area contributed by atoms with Crippen molar-refractivity contribution in [1.29, 1.82) is 0 Å². The highest BCUT2D eigenvalue weighted by Crippen LogP contribution is 2.36. The highest BCUT2D eigenvalue weighted by molar-refractivity contribution is 7.89. The molecule has 3 N–H and O–H groups in total. The third-order valence-corrected chi connectivity index (χ3v) is 5.26. The molecule has 1 heterocycles. The van der Waals surface area contributed by atoms with Gasteiger partial charge in [0.15, 0.2) is 11.5 Å². The summed E-state index contributed by atoms with van der Waals surface area (Å²) in [5.41, 5.74) is 6.55. The van der Waals surface area contributed by atoms with Gasteiger partial charge in [0.05, 0.1) is 4.90 Å². The number of nitrogens with one attached hydrogen (secondary N) is 1. The van der Waals surface area contributed by atoms with Crippen LogP contribution in [0.1, 0.15) is 18.4 Å². The first-order valence-corrected chi connectivity index (χ1v) is 8.11. The Kier molecular flexibility index (Phi) is 3.35. The summed E-state index contributed by atoms with van der Waals surface area (Å²) in [5, 5.41) is 0. The van der Waals surface area contributed by atoms with Gasteiger partial charge in [-0.1, -0.05) is 0 Å². The number of sulfonamides is 1. The van der Waals surface area contributed by atoms with Gasteiger partial charge in [-0.25, -0.2) is 13.1 Å². The van der Waals surface area contributed by atoms with Crippen LogP contribution in [0, 0.1) is 12.8 Å². The Hall–Kier alpha value is -1.31. The smallest absolute Gasteiger partial charge is 0.241 e. The van der Waals surface area contributed by atoms with E-state index < -0.39 is 10.0 Å². The normalized spacial score (nSPS) is 19.1. The van der Waals surface area contributed by atoms with Crippen LogP contribution in [0.25, 0.3) is 0 Å². The second-order valence-corrected chi connectivity index (χ2v) is 7.06. The third kappa shape index (κ3) is 2.61. The number of hydrogen-bond donors (Lipinski definition) is 2. The van der Waals surface area contributed by atoms with Crippen molar-refractivity contribution in [3.8, 4) is 11.5 Å². The van der Waals surface area contributed by atoms with E-state index in [1.54, 1.807) is 13.0 Å². The molecule has 2 aliphatic rings. The lowest BCUT2D eigenvalue weighted by atomic mass is 10.2. The zero-order valence-corrected chi connectivity index (χ0v) is 12.1. The summed E-state index contributed by atoms with van der Waals surface area (Å²) in [5.74, 6) is 1.49. The van der Waals surface area contributed by atoms with E-state index in [0.717, 1.165) is 12.8 Å². The lowest BCUT2D eigenvalue weighted by Gasteiger charge is -2.13. The second kappa shape index (κ2) is 4.91. The Bertz CT molecular complexity index is 626. The SMILES string of the molecule is Cc1cc2c(cc1S(=O)(=O)NCC(N)C1CC1)OCO2. The second-order valence-electron chi connectivity index (χ2n) is 5.32. The number of rotatable bonds is 5. The van der Waals surface area contributed by atoms with Crippen molar-refractivity contribution < 1.29 is 17.9 Å². The fourth-order valence-corrected chi connectivity index (χ4v) is 3.60. The maximum atomic E-state index is 12.3. The summed E-state index contributed by atoms with van der Waals surface area (Å²) in [7, 11) is -3.58. The molecule has 6 nitrogen and oxygen atoms in total. The van der Waals surface area contributed by atoms with Crippen LogP contribution in [-0.2, 0) is 10.0 Å². The molecule has 1 aliphatic heterocycles. The first-order chi connectivity index (χ1) is 9.47. The first kappa shape index (κ1) is 13.7. The van der Waals surface area contributed by atoms with E-state index in [0.29, 0.717) is 23.0 Å². The molecule has 1 atom stereocenters. The molecule has 20 heavy (non-hydrogen) atoms. The first-order valence-electron chi connectivity index (χ1n) is 6.63. The summed E-state index contributed by atoms with van der Waals surface area (Å²) < 4.78 is 37.7. The summed E-state index contributed by atoms with van der Waals surface area (Å²) >= 11 is 0. The van der Waals surface area contributed by atoms with Gasteiger partial charge in [0, 0.05) is 18.7 Å². The van der Waals surface area contributed by atoms with Gasteiger partial charge >= 0.3 is 0 Å². The van der Waals surface area contributed by atoms with Gasteiger partial charge in [-0.3, -0.25) is 0 Å². The van der Waals surface area contributed by atoms with Crippen LogP contribution in [0.4, 0.5) is 0 Å². The Morgan fingerprint density at radius 1 is 1.35 bits per heavy atom. The van der Waals surface area contributed by atoms with Crippen molar-refractivity contribution in [3.05, 3.63) is 17.7 Å². The highest BCUT2D eigenvalue weighted by Gasteiger charge is 2.30. The standard InChI is InChI=1S/C13H18N2O4S/c1-8-4-11-12(19-7-18-11)5-13(8)20(16,17)15-6-10(14)9-2-3-9/h4-5,9-10,15H,2-3,6-7,14H2,1H3. The molecule has 3 rings (SSSR count). The van der Waals surface area contributed by atoms with Crippen LogP contribution >= 0.6 is 0 Å². The molecule has 1 aromatic rings. The monoisotopic (exact) mass is 298 g/mol. The summed E-state index contributed by atoms with van der Waals surface area (Å²) in [6.45, 7) is 2.12. The Morgan fingerprint density at radius 3 is 2.65 bits per heavy atom. The Morgan fingerprint density at radius 2 is 2.00 bits per heavy atom. The fraction of sp³-hybridized carbons (Fsp3) is 0.538. The van der Waals surface area contributed by atoms with Gasteiger partial charge < -0.3 is 15.2 Å². The van der Waals surface area contributed by atoms with E-state index in [9.17, 15) is 8.42 Å². The molecule has 0 aromatic heterocycles. The van der Waals surface area contributed by atoms with E-state index in [1.165, 1.54) is 6.07 Å². The molecular weight excluding hydrogens is 280 g/mol. The fourth-order valence-electron chi connectivity index (χ4n) is 2.29. The van der Waals surface area contributed by atoms with Crippen molar-refractivity contribution in [1.82, 2.24) is 4.72 Å². The van der Waals surface area contributed by atoms with E-state index in [2.05, 4.69) is 4.72 Å². The lowest BCUT2D eigenvalue weighted by molar-refractivity contribution is 0.174. The van der Waals surface area contributed by atoms with Crippen LogP contribution in [0.15, 0.2) is 17.0 Å². The summed E-state index contributed by atoms with van der Waals surface area (Å²) in [4.78, 5) is 0.213. The largest absolute Gasteiger partial charge is 0.454 e. The number of hydrogen-bond acceptors (Lipinski definition) is 5. The zero-order chi connectivity index (χ0) is 14.3. The minimum absolute atomic E-state index is 0.112. The van der Waals surface area contributed by atoms with Gasteiger partial charge in [-0.15, -0.1) is 0 Å². The molecule has 0 radical (unpaired) electrons. The Balaban J connectivity index is 1.79. The maximum absolute atomic E-state index is 12.3. The molecule has 110 valence electrons. The molecule has 0 amide bonds. The highest BCUT2D eigenvalue weighted by atomic mass is 32.2. The van der Waals surface area contributed by atoms with Crippen LogP contribution in [-0.4, -0.2) is 27.8 Å². The van der Waals surface area contributed by atoms with Crippen molar-refractivity contribution in [2.24, 2.45) is 11.7 Å². The van der Waals surface area contributed by atoms with Gasteiger partial charge in [0.2, 0.25) is 16.8 Å². The number of ether oxygens (including phenoxy) is 2. The Labute approximate surface area is 118 Å². The van der Waals surface area contributed by atoms with Gasteiger partial charge in [0.1, 0.15) is 0 Å². The van der Waals surface area contributed by atoms with Crippen LogP contribution < -0.4 is 19.9 Å². The molecule has 1 unspecified atom stereocenters. The van der Waals surface area contributed by atoms with Gasteiger partial charge in [-0.05, 0) is 37.3 Å². The third-order valence-electron chi connectivity index (χ3n) is 3.70. The lowest BCUT2D eigenvalue weighted by Crippen LogP contribution is -2.38. The quantitative estimate of drug-likeness (QED) is 0.836. The van der Waals surface area contributed by atoms with Crippen molar-refractivity contribution in [2.45, 2.75) is 30.7 Å². The average Bonchev–Trinajstić information content (AvgIpc) is 3.15. The molecule has 0 spiro atoms. The molecule has 0 bridgehead atoms. The predicted octanol–water partition coefficient (Wildman–Crippen LogP) is 0.739. The topological polar surface area (TPSA) is 90.7 Å². The van der Waals surface area contributed by atoms with Crippen molar-refractivity contribution >= 4 is 10.0 Å². The van der Waals surface area contributed by atoms with Crippen molar-refractivity contribution in [3.63, 3.8) is 0 Å². The molecule has 1 aromatic carbocycles. The van der Waals surface area contributed by atoms with Crippen LogP contribution in [0.3, 0.4) is 0 Å². The molecular formula is C13H18N2O4S. The molecule has 7 heteroatoms. The van der Waals surface area contributed by atoms with Crippen LogP contribution in [0.5, 0.6) is 11.5 Å². The molecule has 0 saturated heterocycles. The minimum Gasteiger partial charge on any atom is -0.454 e. The maximum Gasteiger partial charge on any atom is 0.241 e. The van der Waals surface area contributed by atoms with Gasteiger partial charge in [0.25, 0.3) is 0 Å². The number of benzene rings is 1. The van der Waals surface area contributed by atoms with E-state index in [4.69, 9.17) is 15.2 Å². The van der Waals surface area contributed by atoms with Crippen LogP contribution in [0.2, 0.25) is 0 Å². The van der Waals surface area contributed by atoms with E-state index in [-0.39, 0.29) is 24.3 Å². The predicted molar refractivity (Wildman–Crippen MR) is 73.2 cm³/mol. The number of aryl methyl sites for hydroxylation is 1. The zero-order valence-electron chi connectivity index (χ0n) is 11.3. The minimum atomic E-state index is -3.58. The molecule has 1 aliphatic carbocycles. The summed E-state index contributed by atoms with van der Waals surface area (Å²) in [6, 6.07) is 3.07. The average molecular weight is 298 g/mol. The van der Waals surface area contributed by atoms with Crippen molar-refractivity contribution in [2.75, 3.05) is 13.3 Å². The van der Waals surface area contributed by atoms with E-state index >= 15 is 0 Å². The summed E-state index contributed by atoms with van der Waals surface area (Å²) in [6.07, 6.45) is 2.18.